The minimum atomic E-state index is -4.75. The highest BCUT2D eigenvalue weighted by atomic mass is 19.4. The van der Waals surface area contributed by atoms with Crippen molar-refractivity contribution in [2.24, 2.45) is 0 Å². The number of ether oxygens (including phenoxy) is 2. The summed E-state index contributed by atoms with van der Waals surface area (Å²) in [6.45, 7) is 0.0364. The van der Waals surface area contributed by atoms with Gasteiger partial charge in [-0.1, -0.05) is 0 Å². The van der Waals surface area contributed by atoms with Gasteiger partial charge in [-0.15, -0.1) is 18.3 Å². The summed E-state index contributed by atoms with van der Waals surface area (Å²) in [7, 11) is 0. The second-order valence-corrected chi connectivity index (χ2v) is 5.27. The number of carboxylic acids is 1. The molecule has 0 aliphatic heterocycles. The zero-order valence-corrected chi connectivity index (χ0v) is 13.6. The van der Waals surface area contributed by atoms with Gasteiger partial charge in [-0.25, -0.2) is 14.5 Å². The zero-order chi connectivity index (χ0) is 19.4. The van der Waals surface area contributed by atoms with Gasteiger partial charge in [0.1, 0.15) is 24.4 Å². The molecule has 0 radical (unpaired) electrons. The molecular weight excluding hydrogens is 367 g/mol. The fraction of sp³-hybridized carbons (Fsp3) is 0.118. The number of benzene rings is 2. The summed E-state index contributed by atoms with van der Waals surface area (Å²) < 4.78 is 47.1. The predicted octanol–water partition coefficient (Wildman–Crippen LogP) is 3.44. The molecule has 3 rings (SSSR count). The van der Waals surface area contributed by atoms with Crippen molar-refractivity contribution in [3.8, 4) is 17.2 Å². The Hall–Kier alpha value is -3.56. The first-order valence-corrected chi connectivity index (χ1v) is 7.53. The Morgan fingerprint density at radius 3 is 2.26 bits per heavy atom. The zero-order valence-electron chi connectivity index (χ0n) is 13.6. The van der Waals surface area contributed by atoms with Crippen LogP contribution in [0.2, 0.25) is 0 Å². The summed E-state index contributed by atoms with van der Waals surface area (Å²) in [5.41, 5.74) is 0.636. The van der Waals surface area contributed by atoms with E-state index in [0.29, 0.717) is 17.3 Å². The molecule has 1 aromatic heterocycles. The minimum absolute atomic E-state index is 0.0364. The molecule has 2 aromatic carbocycles. The number of carbonyl (C=O) groups is 1. The number of hydrogen-bond acceptors (Lipinski definition) is 5. The second kappa shape index (κ2) is 7.36. The van der Waals surface area contributed by atoms with Gasteiger partial charge in [0, 0.05) is 0 Å². The molecule has 140 valence electrons. The maximum absolute atomic E-state index is 12.2. The van der Waals surface area contributed by atoms with Crippen molar-refractivity contribution < 1.29 is 32.5 Å². The molecule has 0 spiro atoms. The van der Waals surface area contributed by atoms with E-state index in [9.17, 15) is 18.0 Å². The van der Waals surface area contributed by atoms with E-state index < -0.39 is 12.3 Å². The van der Waals surface area contributed by atoms with Gasteiger partial charge in [-0.05, 0) is 48.5 Å². The number of hydrogen-bond donors (Lipinski definition) is 1. The smallest absolute Gasteiger partial charge is 0.486 e. The van der Waals surface area contributed by atoms with Crippen LogP contribution in [0.5, 0.6) is 11.5 Å². The van der Waals surface area contributed by atoms with Crippen LogP contribution < -0.4 is 9.47 Å². The van der Waals surface area contributed by atoms with Crippen molar-refractivity contribution in [1.82, 2.24) is 14.8 Å². The van der Waals surface area contributed by atoms with Crippen LogP contribution in [0.3, 0.4) is 0 Å². The highest BCUT2D eigenvalue weighted by Crippen LogP contribution is 2.23. The van der Waals surface area contributed by atoms with E-state index in [-0.39, 0.29) is 17.9 Å². The van der Waals surface area contributed by atoms with E-state index in [1.54, 1.807) is 0 Å². The summed E-state index contributed by atoms with van der Waals surface area (Å²) >= 11 is 0. The molecule has 7 nitrogen and oxygen atoms in total. The van der Waals surface area contributed by atoms with Crippen molar-refractivity contribution in [3.63, 3.8) is 0 Å². The van der Waals surface area contributed by atoms with Crippen molar-refractivity contribution in [3.05, 3.63) is 66.2 Å². The Morgan fingerprint density at radius 2 is 1.67 bits per heavy atom. The molecule has 1 N–H and O–H groups in total. The Balaban J connectivity index is 1.62. The number of nitrogens with zero attached hydrogens (tertiary/aromatic N) is 3. The first-order valence-electron chi connectivity index (χ1n) is 7.53. The lowest BCUT2D eigenvalue weighted by atomic mass is 10.2. The van der Waals surface area contributed by atoms with Crippen LogP contribution in [0.4, 0.5) is 13.2 Å². The van der Waals surface area contributed by atoms with Gasteiger partial charge in [-0.3, -0.25) is 0 Å². The highest BCUT2D eigenvalue weighted by molar-refractivity contribution is 5.87. The van der Waals surface area contributed by atoms with Gasteiger partial charge in [0.15, 0.2) is 5.82 Å². The van der Waals surface area contributed by atoms with E-state index in [0.717, 1.165) is 0 Å². The van der Waals surface area contributed by atoms with Crippen LogP contribution in [0.1, 0.15) is 16.2 Å². The summed E-state index contributed by atoms with van der Waals surface area (Å²) in [5.74, 6) is -0.578. The predicted molar refractivity (Wildman–Crippen MR) is 85.8 cm³/mol. The topological polar surface area (TPSA) is 86.5 Å². The van der Waals surface area contributed by atoms with Gasteiger partial charge < -0.3 is 14.6 Å². The molecule has 0 aliphatic rings. The summed E-state index contributed by atoms with van der Waals surface area (Å²) in [5, 5.41) is 13.0. The first-order chi connectivity index (χ1) is 12.8. The molecule has 27 heavy (non-hydrogen) atoms. The number of rotatable bonds is 6. The molecule has 0 saturated carbocycles. The molecule has 0 bridgehead atoms. The fourth-order valence-electron chi connectivity index (χ4n) is 2.13. The summed E-state index contributed by atoms with van der Waals surface area (Å²) in [4.78, 5) is 14.8. The van der Waals surface area contributed by atoms with E-state index in [2.05, 4.69) is 14.8 Å². The van der Waals surface area contributed by atoms with Crippen LogP contribution >= 0.6 is 0 Å². The largest absolute Gasteiger partial charge is 0.573 e. The van der Waals surface area contributed by atoms with E-state index in [1.165, 1.54) is 59.5 Å². The number of carboxylic acid groups (broad SMARTS) is 1. The molecule has 0 amide bonds. The van der Waals surface area contributed by atoms with E-state index in [1.807, 2.05) is 0 Å². The van der Waals surface area contributed by atoms with Crippen molar-refractivity contribution in [2.45, 2.75) is 13.0 Å². The molecular formula is C17H12F3N3O4. The molecule has 0 unspecified atom stereocenters. The number of halogens is 3. The Bertz CT molecular complexity index is 922. The van der Waals surface area contributed by atoms with E-state index >= 15 is 0 Å². The third-order valence-electron chi connectivity index (χ3n) is 3.34. The fourth-order valence-corrected chi connectivity index (χ4v) is 2.13. The SMILES string of the molecule is O=C(O)c1ccc(OCc2ncn(-c3ccc(OC(F)(F)F)cc3)n2)cc1. The molecule has 1 heterocycles. The Labute approximate surface area is 150 Å². The van der Waals surface area contributed by atoms with Crippen molar-refractivity contribution >= 4 is 5.97 Å². The van der Waals surface area contributed by atoms with Gasteiger partial charge in [-0.2, -0.15) is 0 Å². The van der Waals surface area contributed by atoms with E-state index in [4.69, 9.17) is 9.84 Å². The quantitative estimate of drug-likeness (QED) is 0.706. The molecule has 3 aromatic rings. The van der Waals surface area contributed by atoms with Crippen LogP contribution in [0, 0.1) is 0 Å². The van der Waals surface area contributed by atoms with Crippen molar-refractivity contribution in [2.75, 3.05) is 0 Å². The number of alkyl halides is 3. The Kier molecular flexibility index (Phi) is 4.97. The van der Waals surface area contributed by atoms with Crippen LogP contribution in [-0.2, 0) is 6.61 Å². The summed E-state index contributed by atoms with van der Waals surface area (Å²) in [6, 6.07) is 11.0. The third kappa shape index (κ3) is 4.97. The monoisotopic (exact) mass is 379 g/mol. The second-order valence-electron chi connectivity index (χ2n) is 5.27. The number of aromatic nitrogens is 3. The first kappa shape index (κ1) is 18.2. The molecule has 0 atom stereocenters. The minimum Gasteiger partial charge on any atom is -0.486 e. The highest BCUT2D eigenvalue weighted by Gasteiger charge is 2.30. The van der Waals surface area contributed by atoms with Gasteiger partial charge in [0.05, 0.1) is 11.3 Å². The average molecular weight is 379 g/mol. The maximum atomic E-state index is 12.2. The molecule has 0 saturated heterocycles. The molecule has 0 aliphatic carbocycles. The Morgan fingerprint density at radius 1 is 1.04 bits per heavy atom. The number of aromatic carboxylic acids is 1. The lowest BCUT2D eigenvalue weighted by Crippen LogP contribution is -2.17. The molecule has 10 heteroatoms. The van der Waals surface area contributed by atoms with Crippen LogP contribution in [-0.4, -0.2) is 32.2 Å². The van der Waals surface area contributed by atoms with Crippen molar-refractivity contribution in [1.29, 1.82) is 0 Å². The van der Waals surface area contributed by atoms with Gasteiger partial charge >= 0.3 is 12.3 Å². The lowest BCUT2D eigenvalue weighted by molar-refractivity contribution is -0.274. The third-order valence-corrected chi connectivity index (χ3v) is 3.34. The van der Waals surface area contributed by atoms with Crippen LogP contribution in [0.15, 0.2) is 54.9 Å². The standard InChI is InChI=1S/C17H12F3N3O4/c18-17(19,20)27-14-7-3-12(4-8-14)23-10-21-15(22-23)9-26-13-5-1-11(2-6-13)16(24)25/h1-8,10H,9H2,(H,24,25). The lowest BCUT2D eigenvalue weighted by Gasteiger charge is -2.09. The van der Waals surface area contributed by atoms with Gasteiger partial charge in [0.25, 0.3) is 0 Å². The average Bonchev–Trinajstić information content (AvgIpc) is 3.08. The maximum Gasteiger partial charge on any atom is 0.573 e. The normalized spacial score (nSPS) is 11.2. The molecule has 0 fully saturated rings. The van der Waals surface area contributed by atoms with Gasteiger partial charge in [0.2, 0.25) is 0 Å². The summed E-state index contributed by atoms with van der Waals surface area (Å²) in [6.07, 6.45) is -3.35. The van der Waals surface area contributed by atoms with Crippen LogP contribution in [0.25, 0.3) is 5.69 Å².